The van der Waals surface area contributed by atoms with E-state index in [0.717, 1.165) is 5.06 Å². The molecule has 9 nitrogen and oxygen atoms in total. The van der Waals surface area contributed by atoms with Crippen molar-refractivity contribution in [2.24, 2.45) is 4.99 Å². The number of hydrogen-bond donors (Lipinski definition) is 1. The Bertz CT molecular complexity index is 1130. The van der Waals surface area contributed by atoms with Gasteiger partial charge in [0.1, 0.15) is 6.54 Å². The maximum atomic E-state index is 11.4. The van der Waals surface area contributed by atoms with Gasteiger partial charge in [0.2, 0.25) is 0 Å². The third kappa shape index (κ3) is 3.51. The van der Waals surface area contributed by atoms with Gasteiger partial charge in [-0.1, -0.05) is 36.7 Å². The van der Waals surface area contributed by atoms with Crippen LogP contribution in [0.2, 0.25) is 5.02 Å². The van der Waals surface area contributed by atoms with Crippen molar-refractivity contribution in [2.75, 3.05) is 6.54 Å². The Hall–Kier alpha value is -3.14. The van der Waals surface area contributed by atoms with Gasteiger partial charge >= 0.3 is 0 Å². The van der Waals surface area contributed by atoms with Crippen molar-refractivity contribution in [3.05, 3.63) is 80.4 Å². The van der Waals surface area contributed by atoms with Crippen LogP contribution in [0.5, 0.6) is 0 Å². The summed E-state index contributed by atoms with van der Waals surface area (Å²) in [6, 6.07) is 11.8. The first-order valence-electron chi connectivity index (χ1n) is 8.95. The number of non-ortho nitro benzene ring substituents is 1. The lowest BCUT2D eigenvalue weighted by Crippen LogP contribution is -2.21. The number of aromatic nitrogens is 3. The lowest BCUT2D eigenvalue weighted by molar-refractivity contribution is -0.384. The summed E-state index contributed by atoms with van der Waals surface area (Å²) in [6.45, 7) is 2.60. The third-order valence-electron chi connectivity index (χ3n) is 4.68. The zero-order valence-corrected chi connectivity index (χ0v) is 16.2. The van der Waals surface area contributed by atoms with Gasteiger partial charge in [-0.15, -0.1) is 10.2 Å². The van der Waals surface area contributed by atoms with E-state index in [-0.39, 0.29) is 18.8 Å². The average molecular weight is 413 g/mol. The fraction of sp³-hybridized carbons (Fsp3) is 0.211. The molecule has 29 heavy (non-hydrogen) atoms. The second kappa shape index (κ2) is 7.70. The molecule has 3 aromatic rings. The first kappa shape index (κ1) is 19.2. The predicted molar refractivity (Wildman–Crippen MR) is 107 cm³/mol. The molecule has 0 aliphatic carbocycles. The molecule has 1 aromatic heterocycles. The zero-order valence-electron chi connectivity index (χ0n) is 15.5. The number of rotatable bonds is 5. The second-order valence-corrected chi connectivity index (χ2v) is 6.86. The molecule has 1 N–H and O–H groups in total. The molecule has 0 spiro atoms. The summed E-state index contributed by atoms with van der Waals surface area (Å²) in [7, 11) is 0. The molecule has 0 unspecified atom stereocenters. The zero-order chi connectivity index (χ0) is 20.5. The highest BCUT2D eigenvalue weighted by atomic mass is 35.5. The Morgan fingerprint density at radius 3 is 2.76 bits per heavy atom. The standard InChI is InChI=1S/C19H17ClN6O3/c1-2-24(27)11-18-23-22-17-10-21-19(13-5-3-4-6-15(13)20)14-9-12(26(28)29)7-8-16(14)25(17)18/h3-9,27H,2,10-11H2,1H3. The van der Waals surface area contributed by atoms with Crippen LogP contribution in [0.15, 0.2) is 47.5 Å². The SMILES string of the molecule is CCN(O)Cc1nnc2n1-c1ccc([N+](=O)[O-])cc1C(c1ccccc1Cl)=NC2. The Labute approximate surface area is 171 Å². The third-order valence-corrected chi connectivity index (χ3v) is 5.01. The van der Waals surface area contributed by atoms with Crippen molar-refractivity contribution < 1.29 is 10.1 Å². The molecule has 0 bridgehead atoms. The quantitative estimate of drug-likeness (QED) is 0.508. The van der Waals surface area contributed by atoms with Gasteiger partial charge in [-0.05, 0) is 12.1 Å². The molecule has 0 saturated carbocycles. The van der Waals surface area contributed by atoms with Gasteiger partial charge in [0, 0.05) is 34.8 Å². The first-order chi connectivity index (χ1) is 14.0. The molecule has 2 heterocycles. The van der Waals surface area contributed by atoms with Gasteiger partial charge in [0.25, 0.3) is 5.69 Å². The molecule has 2 aromatic carbocycles. The van der Waals surface area contributed by atoms with E-state index in [4.69, 9.17) is 11.6 Å². The average Bonchev–Trinajstić information content (AvgIpc) is 3.03. The van der Waals surface area contributed by atoms with Gasteiger partial charge in [-0.2, -0.15) is 5.06 Å². The molecule has 148 valence electrons. The van der Waals surface area contributed by atoms with Crippen LogP contribution in [0.3, 0.4) is 0 Å². The number of halogens is 1. The summed E-state index contributed by atoms with van der Waals surface area (Å²) in [5.41, 5.74) is 2.36. The fourth-order valence-electron chi connectivity index (χ4n) is 3.25. The molecular weight excluding hydrogens is 396 g/mol. The topological polar surface area (TPSA) is 110 Å². The molecule has 0 fully saturated rings. The van der Waals surface area contributed by atoms with Crippen LogP contribution in [-0.2, 0) is 13.1 Å². The number of hydrogen-bond acceptors (Lipinski definition) is 7. The first-order valence-corrected chi connectivity index (χ1v) is 9.33. The lowest BCUT2D eigenvalue weighted by Gasteiger charge is -2.16. The van der Waals surface area contributed by atoms with Crippen molar-refractivity contribution in [2.45, 2.75) is 20.0 Å². The lowest BCUT2D eigenvalue weighted by atomic mass is 9.99. The van der Waals surface area contributed by atoms with Crippen LogP contribution in [0.25, 0.3) is 5.69 Å². The van der Waals surface area contributed by atoms with E-state index in [1.165, 1.54) is 12.1 Å². The fourth-order valence-corrected chi connectivity index (χ4v) is 3.48. The van der Waals surface area contributed by atoms with E-state index in [1.807, 2.05) is 25.1 Å². The van der Waals surface area contributed by atoms with Crippen molar-refractivity contribution >= 4 is 23.0 Å². The maximum absolute atomic E-state index is 11.4. The highest BCUT2D eigenvalue weighted by molar-refractivity contribution is 6.35. The molecule has 0 saturated heterocycles. The highest BCUT2D eigenvalue weighted by Gasteiger charge is 2.26. The molecular formula is C19H17ClN6O3. The van der Waals surface area contributed by atoms with Crippen molar-refractivity contribution in [1.82, 2.24) is 19.8 Å². The van der Waals surface area contributed by atoms with Crippen molar-refractivity contribution in [3.63, 3.8) is 0 Å². The largest absolute Gasteiger partial charge is 0.314 e. The molecule has 1 aliphatic heterocycles. The molecule has 4 rings (SSSR count). The minimum Gasteiger partial charge on any atom is -0.314 e. The van der Waals surface area contributed by atoms with Crippen molar-refractivity contribution in [3.8, 4) is 5.69 Å². The summed E-state index contributed by atoms with van der Waals surface area (Å²) in [6.07, 6.45) is 0. The van der Waals surface area contributed by atoms with Gasteiger partial charge in [0.15, 0.2) is 11.6 Å². The van der Waals surface area contributed by atoms with E-state index in [0.29, 0.717) is 45.7 Å². The number of nitro groups is 1. The molecule has 0 radical (unpaired) electrons. The van der Waals surface area contributed by atoms with Gasteiger partial charge in [-0.3, -0.25) is 19.7 Å². The molecule has 0 atom stereocenters. The van der Waals surface area contributed by atoms with Crippen LogP contribution < -0.4 is 0 Å². The maximum Gasteiger partial charge on any atom is 0.270 e. The Morgan fingerprint density at radius 1 is 1.24 bits per heavy atom. The minimum absolute atomic E-state index is 0.0566. The van der Waals surface area contributed by atoms with E-state index in [2.05, 4.69) is 15.2 Å². The highest BCUT2D eigenvalue weighted by Crippen LogP contribution is 2.31. The van der Waals surface area contributed by atoms with Crippen LogP contribution in [0, 0.1) is 10.1 Å². The molecule has 1 aliphatic rings. The Kier molecular flexibility index (Phi) is 5.10. The summed E-state index contributed by atoms with van der Waals surface area (Å²) in [5, 5.41) is 31.3. The van der Waals surface area contributed by atoms with Crippen LogP contribution in [-0.4, -0.2) is 42.2 Å². The van der Waals surface area contributed by atoms with Crippen LogP contribution in [0.1, 0.15) is 29.7 Å². The van der Waals surface area contributed by atoms with Crippen molar-refractivity contribution in [1.29, 1.82) is 0 Å². The second-order valence-electron chi connectivity index (χ2n) is 6.45. The molecule has 10 heteroatoms. The molecule has 0 amide bonds. The van der Waals surface area contributed by atoms with E-state index >= 15 is 0 Å². The van der Waals surface area contributed by atoms with Gasteiger partial charge in [0.05, 0.1) is 22.9 Å². The number of benzene rings is 2. The number of hydroxylamine groups is 2. The van der Waals surface area contributed by atoms with Gasteiger partial charge in [-0.25, -0.2) is 0 Å². The monoisotopic (exact) mass is 412 g/mol. The number of aliphatic imine (C=N–C) groups is 1. The summed E-state index contributed by atoms with van der Waals surface area (Å²) in [5.74, 6) is 1.08. The van der Waals surface area contributed by atoms with E-state index in [1.54, 1.807) is 16.7 Å². The minimum atomic E-state index is -0.448. The number of fused-ring (bicyclic) bond motifs is 3. The van der Waals surface area contributed by atoms with E-state index < -0.39 is 4.92 Å². The normalized spacial score (nSPS) is 12.9. The van der Waals surface area contributed by atoms with Crippen LogP contribution in [0.4, 0.5) is 5.69 Å². The number of nitrogens with zero attached hydrogens (tertiary/aromatic N) is 6. The summed E-state index contributed by atoms with van der Waals surface area (Å²) < 4.78 is 1.78. The van der Waals surface area contributed by atoms with Crippen LogP contribution >= 0.6 is 11.6 Å². The van der Waals surface area contributed by atoms with Gasteiger partial charge < -0.3 is 5.21 Å². The number of nitro benzene ring substituents is 1. The Balaban J connectivity index is 1.95. The summed E-state index contributed by atoms with van der Waals surface area (Å²) in [4.78, 5) is 15.6. The Morgan fingerprint density at radius 2 is 2.03 bits per heavy atom. The summed E-state index contributed by atoms with van der Waals surface area (Å²) >= 11 is 6.39. The van der Waals surface area contributed by atoms with E-state index in [9.17, 15) is 15.3 Å². The predicted octanol–water partition coefficient (Wildman–Crippen LogP) is 3.39. The smallest absolute Gasteiger partial charge is 0.270 e.